The van der Waals surface area contributed by atoms with Crippen LogP contribution in [0.2, 0.25) is 0 Å². The number of carbonyl (C=O) groups excluding carboxylic acids is 2. The zero-order chi connectivity index (χ0) is 13.3. The second-order valence-electron chi connectivity index (χ2n) is 5.10. The Morgan fingerprint density at radius 1 is 1.24 bits per heavy atom. The summed E-state index contributed by atoms with van der Waals surface area (Å²) in [6.07, 6.45) is 4.81. The van der Waals surface area contributed by atoms with Gasteiger partial charge in [0.2, 0.25) is 0 Å². The molecule has 100 valence electrons. The van der Waals surface area contributed by atoms with E-state index in [0.717, 1.165) is 32.2 Å². The summed E-state index contributed by atoms with van der Waals surface area (Å²) in [7, 11) is 0. The van der Waals surface area contributed by atoms with Gasteiger partial charge in [0, 0.05) is 19.5 Å². The van der Waals surface area contributed by atoms with Crippen LogP contribution in [0.4, 0.5) is 4.79 Å². The third kappa shape index (κ3) is 8.72. The number of piperidine rings is 1. The van der Waals surface area contributed by atoms with Crippen LogP contribution < -0.4 is 0 Å². The molecule has 1 heterocycles. The molecular weight excluding hydrogens is 218 g/mol. The highest BCUT2D eigenvalue weighted by molar-refractivity contribution is 5.68. The lowest BCUT2D eigenvalue weighted by atomic mass is 10.1. The SMILES string of the molecule is CC(C)(C)OC(=O)N1CCCCC1.CCC=O. The maximum atomic E-state index is 11.5. The summed E-state index contributed by atoms with van der Waals surface area (Å²) in [5, 5.41) is 0. The predicted octanol–water partition coefficient (Wildman–Crippen LogP) is 3.00. The van der Waals surface area contributed by atoms with Gasteiger partial charge in [-0.2, -0.15) is 0 Å². The fraction of sp³-hybridized carbons (Fsp3) is 0.846. The second-order valence-corrected chi connectivity index (χ2v) is 5.10. The highest BCUT2D eigenvalue weighted by Gasteiger charge is 2.22. The molecule has 1 rings (SSSR count). The summed E-state index contributed by atoms with van der Waals surface area (Å²) in [4.78, 5) is 22.5. The first-order valence-electron chi connectivity index (χ1n) is 6.32. The minimum absolute atomic E-state index is 0.160. The molecule has 0 unspecified atom stereocenters. The van der Waals surface area contributed by atoms with Crippen molar-refractivity contribution < 1.29 is 14.3 Å². The van der Waals surface area contributed by atoms with E-state index in [-0.39, 0.29) is 11.7 Å². The minimum atomic E-state index is -0.367. The molecule has 0 aliphatic carbocycles. The van der Waals surface area contributed by atoms with Crippen molar-refractivity contribution in [1.82, 2.24) is 4.90 Å². The van der Waals surface area contributed by atoms with E-state index in [4.69, 9.17) is 4.74 Å². The number of rotatable bonds is 1. The maximum Gasteiger partial charge on any atom is 0.410 e. The Kier molecular flexibility index (Phi) is 7.59. The van der Waals surface area contributed by atoms with E-state index in [2.05, 4.69) is 0 Å². The van der Waals surface area contributed by atoms with Crippen LogP contribution in [-0.4, -0.2) is 36.0 Å². The average molecular weight is 243 g/mol. The molecule has 0 saturated carbocycles. The third-order valence-corrected chi connectivity index (χ3v) is 2.17. The van der Waals surface area contributed by atoms with Crippen LogP contribution in [-0.2, 0) is 9.53 Å². The Hall–Kier alpha value is -1.06. The Labute approximate surface area is 104 Å². The largest absolute Gasteiger partial charge is 0.444 e. The van der Waals surface area contributed by atoms with E-state index in [1.54, 1.807) is 4.90 Å². The fourth-order valence-electron chi connectivity index (χ4n) is 1.40. The molecule has 0 atom stereocenters. The monoisotopic (exact) mass is 243 g/mol. The first-order chi connectivity index (χ1) is 7.90. The molecule has 1 aliphatic rings. The third-order valence-electron chi connectivity index (χ3n) is 2.17. The molecule has 1 saturated heterocycles. The van der Waals surface area contributed by atoms with Crippen molar-refractivity contribution in [2.75, 3.05) is 13.1 Å². The number of hydrogen-bond acceptors (Lipinski definition) is 3. The summed E-state index contributed by atoms with van der Waals surface area (Å²) in [5.74, 6) is 0. The number of carbonyl (C=O) groups is 2. The van der Waals surface area contributed by atoms with Crippen molar-refractivity contribution in [3.8, 4) is 0 Å². The van der Waals surface area contributed by atoms with Crippen molar-refractivity contribution in [2.45, 2.75) is 59.0 Å². The highest BCUT2D eigenvalue weighted by atomic mass is 16.6. The predicted molar refractivity (Wildman–Crippen MR) is 68.0 cm³/mol. The quantitative estimate of drug-likeness (QED) is 0.665. The molecule has 0 spiro atoms. The molecule has 0 N–H and O–H groups in total. The Balaban J connectivity index is 0.000000557. The van der Waals surface area contributed by atoms with Crippen molar-refractivity contribution in [2.24, 2.45) is 0 Å². The molecule has 4 heteroatoms. The van der Waals surface area contributed by atoms with Gasteiger partial charge in [-0.15, -0.1) is 0 Å². The summed E-state index contributed by atoms with van der Waals surface area (Å²) in [5.41, 5.74) is -0.367. The summed E-state index contributed by atoms with van der Waals surface area (Å²) in [6.45, 7) is 9.22. The van der Waals surface area contributed by atoms with Gasteiger partial charge in [0.1, 0.15) is 11.9 Å². The molecule has 0 aromatic carbocycles. The van der Waals surface area contributed by atoms with Gasteiger partial charge in [0.25, 0.3) is 0 Å². The molecule has 1 amide bonds. The first-order valence-corrected chi connectivity index (χ1v) is 6.32. The van der Waals surface area contributed by atoms with Crippen LogP contribution in [0.25, 0.3) is 0 Å². The average Bonchev–Trinajstić information content (AvgIpc) is 2.28. The van der Waals surface area contributed by atoms with Crippen molar-refractivity contribution in [3.63, 3.8) is 0 Å². The van der Waals surface area contributed by atoms with Gasteiger partial charge < -0.3 is 14.4 Å². The van der Waals surface area contributed by atoms with Gasteiger partial charge in [-0.1, -0.05) is 6.92 Å². The number of hydrogen-bond donors (Lipinski definition) is 0. The van der Waals surface area contributed by atoms with Gasteiger partial charge in [-0.3, -0.25) is 0 Å². The second kappa shape index (κ2) is 8.09. The van der Waals surface area contributed by atoms with Gasteiger partial charge in [-0.05, 0) is 40.0 Å². The lowest BCUT2D eigenvalue weighted by Gasteiger charge is -2.29. The molecule has 0 aromatic rings. The van der Waals surface area contributed by atoms with E-state index < -0.39 is 0 Å². The number of aldehydes is 1. The molecule has 0 bridgehead atoms. The van der Waals surface area contributed by atoms with E-state index >= 15 is 0 Å². The van der Waals surface area contributed by atoms with E-state index in [0.29, 0.717) is 6.42 Å². The fourth-order valence-corrected chi connectivity index (χ4v) is 1.40. The maximum absolute atomic E-state index is 11.5. The lowest BCUT2D eigenvalue weighted by molar-refractivity contribution is -0.107. The number of ether oxygens (including phenoxy) is 1. The Morgan fingerprint density at radius 2 is 1.71 bits per heavy atom. The smallest absolute Gasteiger partial charge is 0.410 e. The standard InChI is InChI=1S/C10H19NO2.C3H6O/c1-10(2,3)13-9(12)11-7-5-4-6-8-11;1-2-3-4/h4-8H2,1-3H3;3H,2H2,1H3. The van der Waals surface area contributed by atoms with Crippen LogP contribution in [0.1, 0.15) is 53.4 Å². The van der Waals surface area contributed by atoms with Gasteiger partial charge in [-0.25, -0.2) is 4.79 Å². The minimum Gasteiger partial charge on any atom is -0.444 e. The van der Waals surface area contributed by atoms with Crippen molar-refractivity contribution in [3.05, 3.63) is 0 Å². The number of nitrogens with zero attached hydrogens (tertiary/aromatic N) is 1. The zero-order valence-corrected chi connectivity index (χ0v) is 11.5. The number of likely N-dealkylation sites (tertiary alicyclic amines) is 1. The molecule has 4 nitrogen and oxygen atoms in total. The highest BCUT2D eigenvalue weighted by Crippen LogP contribution is 2.14. The zero-order valence-electron chi connectivity index (χ0n) is 11.5. The molecular formula is C13H25NO3. The van der Waals surface area contributed by atoms with E-state index in [1.807, 2.05) is 27.7 Å². The Morgan fingerprint density at radius 3 is 2.06 bits per heavy atom. The van der Waals surface area contributed by atoms with Crippen LogP contribution in [0.5, 0.6) is 0 Å². The first kappa shape index (κ1) is 15.9. The van der Waals surface area contributed by atoms with Crippen molar-refractivity contribution in [1.29, 1.82) is 0 Å². The van der Waals surface area contributed by atoms with E-state index in [1.165, 1.54) is 6.42 Å². The molecule has 0 aromatic heterocycles. The molecule has 1 aliphatic heterocycles. The van der Waals surface area contributed by atoms with Crippen LogP contribution in [0, 0.1) is 0 Å². The molecule has 17 heavy (non-hydrogen) atoms. The topological polar surface area (TPSA) is 46.6 Å². The lowest BCUT2D eigenvalue weighted by Crippen LogP contribution is -2.39. The normalized spacial score (nSPS) is 15.6. The van der Waals surface area contributed by atoms with Crippen molar-refractivity contribution >= 4 is 12.4 Å². The van der Waals surface area contributed by atoms with Gasteiger partial charge in [0.15, 0.2) is 0 Å². The van der Waals surface area contributed by atoms with E-state index in [9.17, 15) is 9.59 Å². The van der Waals surface area contributed by atoms with Crippen LogP contribution >= 0.6 is 0 Å². The number of amides is 1. The summed E-state index contributed by atoms with van der Waals surface area (Å²) >= 11 is 0. The van der Waals surface area contributed by atoms with Gasteiger partial charge in [0.05, 0.1) is 0 Å². The summed E-state index contributed by atoms with van der Waals surface area (Å²) < 4.78 is 5.26. The van der Waals surface area contributed by atoms with Crippen LogP contribution in [0.15, 0.2) is 0 Å². The van der Waals surface area contributed by atoms with Crippen LogP contribution in [0.3, 0.4) is 0 Å². The Bertz CT molecular complexity index is 227. The summed E-state index contributed by atoms with van der Waals surface area (Å²) in [6, 6.07) is 0. The molecule has 0 radical (unpaired) electrons. The van der Waals surface area contributed by atoms with Gasteiger partial charge >= 0.3 is 6.09 Å². The molecule has 1 fully saturated rings.